The van der Waals surface area contributed by atoms with Crippen molar-refractivity contribution >= 4 is 0 Å². The number of hydrogen-bond acceptors (Lipinski definition) is 0. The molecule has 1 unspecified atom stereocenters. The zero-order chi connectivity index (χ0) is 12.0. The fourth-order valence-corrected chi connectivity index (χ4v) is 0.444. The Balaban J connectivity index is 5.30. The molecule has 9 heteroatoms. The Morgan fingerprint density at radius 1 is 0.571 bits per heavy atom. The minimum absolute atomic E-state index is 0.861. The molecule has 0 nitrogen and oxygen atoms in total. The van der Waals surface area contributed by atoms with Crippen LogP contribution in [0, 0.1) is 0 Å². The van der Waals surface area contributed by atoms with Crippen molar-refractivity contribution < 1.29 is 39.5 Å². The molecule has 0 spiro atoms. The van der Waals surface area contributed by atoms with Crippen molar-refractivity contribution in [2.24, 2.45) is 0 Å². The second-order valence-corrected chi connectivity index (χ2v) is 2.57. The van der Waals surface area contributed by atoms with E-state index in [1.165, 1.54) is 0 Å². The minimum Gasteiger partial charge on any atom is -0.227 e. The highest BCUT2D eigenvalue weighted by atomic mass is 19.4. The highest BCUT2D eigenvalue weighted by Gasteiger charge is 2.78. The third kappa shape index (κ3) is 1.76. The standard InChI is InChI=1S/C5H3F9/c1-2(6,4(9,10)11)3(7,8)5(12,13)14/h1H3. The summed E-state index contributed by atoms with van der Waals surface area (Å²) < 4.78 is 105. The van der Waals surface area contributed by atoms with Crippen LogP contribution in [0.5, 0.6) is 0 Å². The molecule has 0 radical (unpaired) electrons. The van der Waals surface area contributed by atoms with Gasteiger partial charge in [0.15, 0.2) is 0 Å². The van der Waals surface area contributed by atoms with Crippen molar-refractivity contribution in [2.75, 3.05) is 0 Å². The van der Waals surface area contributed by atoms with Crippen LogP contribution in [-0.2, 0) is 0 Å². The van der Waals surface area contributed by atoms with Gasteiger partial charge in [-0.1, -0.05) is 0 Å². The molecular weight excluding hydrogens is 231 g/mol. The van der Waals surface area contributed by atoms with Crippen molar-refractivity contribution in [1.82, 2.24) is 0 Å². The lowest BCUT2D eigenvalue weighted by Crippen LogP contribution is -2.60. The van der Waals surface area contributed by atoms with Crippen LogP contribution in [0.25, 0.3) is 0 Å². The third-order valence-electron chi connectivity index (χ3n) is 1.48. The second-order valence-electron chi connectivity index (χ2n) is 2.57. The lowest BCUT2D eigenvalue weighted by Gasteiger charge is -2.32. The van der Waals surface area contributed by atoms with Gasteiger partial charge in [0.25, 0.3) is 5.67 Å². The number of halogens is 9. The average Bonchev–Trinajstić information content (AvgIpc) is 1.81. The summed E-state index contributed by atoms with van der Waals surface area (Å²) in [6.07, 6.45) is -12.9. The number of rotatable bonds is 1. The van der Waals surface area contributed by atoms with Crippen LogP contribution in [-0.4, -0.2) is 23.9 Å². The van der Waals surface area contributed by atoms with Gasteiger partial charge < -0.3 is 0 Å². The topological polar surface area (TPSA) is 0 Å². The van der Waals surface area contributed by atoms with E-state index >= 15 is 0 Å². The summed E-state index contributed by atoms with van der Waals surface area (Å²) in [5.41, 5.74) is -5.64. The van der Waals surface area contributed by atoms with Gasteiger partial charge in [-0.3, -0.25) is 0 Å². The molecule has 0 fully saturated rings. The van der Waals surface area contributed by atoms with Crippen molar-refractivity contribution in [3.05, 3.63) is 0 Å². The quantitative estimate of drug-likeness (QED) is 0.609. The molecule has 0 aromatic heterocycles. The molecule has 1 atom stereocenters. The maximum Gasteiger partial charge on any atom is 0.457 e. The van der Waals surface area contributed by atoms with E-state index in [4.69, 9.17) is 0 Å². The normalized spacial score (nSPS) is 19.3. The summed E-state index contributed by atoms with van der Waals surface area (Å²) in [5, 5.41) is 0. The molecule has 0 aromatic carbocycles. The van der Waals surface area contributed by atoms with Gasteiger partial charge in [0, 0.05) is 0 Å². The van der Waals surface area contributed by atoms with E-state index in [0.29, 0.717) is 0 Å². The monoisotopic (exact) mass is 234 g/mol. The lowest BCUT2D eigenvalue weighted by atomic mass is 9.99. The van der Waals surface area contributed by atoms with Crippen LogP contribution in [0.1, 0.15) is 6.92 Å². The first-order valence-electron chi connectivity index (χ1n) is 2.95. The van der Waals surface area contributed by atoms with Gasteiger partial charge in [0.2, 0.25) is 0 Å². The first kappa shape index (κ1) is 13.4. The number of hydrogen-bond donors (Lipinski definition) is 0. The van der Waals surface area contributed by atoms with Crippen LogP contribution in [0.4, 0.5) is 39.5 Å². The molecule has 0 aliphatic carbocycles. The molecule has 0 aromatic rings. The molecule has 0 heterocycles. The Hall–Kier alpha value is -0.630. The summed E-state index contributed by atoms with van der Waals surface area (Å²) in [5.74, 6) is -6.47. The van der Waals surface area contributed by atoms with E-state index in [1.807, 2.05) is 0 Å². The van der Waals surface area contributed by atoms with Crippen LogP contribution >= 0.6 is 0 Å². The molecule has 14 heavy (non-hydrogen) atoms. The van der Waals surface area contributed by atoms with Gasteiger partial charge in [-0.05, 0) is 6.92 Å². The Kier molecular flexibility index (Phi) is 2.80. The van der Waals surface area contributed by atoms with Gasteiger partial charge >= 0.3 is 18.3 Å². The molecule has 86 valence electrons. The largest absolute Gasteiger partial charge is 0.457 e. The van der Waals surface area contributed by atoms with Gasteiger partial charge in [-0.15, -0.1) is 0 Å². The summed E-state index contributed by atoms with van der Waals surface area (Å²) in [7, 11) is 0. The maximum absolute atomic E-state index is 12.3. The van der Waals surface area contributed by atoms with Crippen molar-refractivity contribution in [1.29, 1.82) is 0 Å². The SMILES string of the molecule is CC(F)(C(F)(F)F)C(F)(F)C(F)(F)F. The summed E-state index contributed by atoms with van der Waals surface area (Å²) in [6.45, 7) is -0.861. The van der Waals surface area contributed by atoms with Crippen molar-refractivity contribution in [3.8, 4) is 0 Å². The maximum atomic E-state index is 12.3. The molecule has 0 rings (SSSR count). The summed E-state index contributed by atoms with van der Waals surface area (Å²) in [4.78, 5) is 0. The van der Waals surface area contributed by atoms with Gasteiger partial charge in [-0.25, -0.2) is 4.39 Å². The highest BCUT2D eigenvalue weighted by Crippen LogP contribution is 2.52. The summed E-state index contributed by atoms with van der Waals surface area (Å²) in [6, 6.07) is 0. The first-order chi connectivity index (χ1) is 5.75. The zero-order valence-electron chi connectivity index (χ0n) is 6.40. The Morgan fingerprint density at radius 2 is 0.857 bits per heavy atom. The second kappa shape index (κ2) is 2.93. The molecule has 0 bridgehead atoms. The van der Waals surface area contributed by atoms with E-state index in [0.717, 1.165) is 0 Å². The van der Waals surface area contributed by atoms with Crippen LogP contribution < -0.4 is 0 Å². The molecule has 0 saturated carbocycles. The van der Waals surface area contributed by atoms with E-state index in [9.17, 15) is 39.5 Å². The first-order valence-corrected chi connectivity index (χ1v) is 2.95. The van der Waals surface area contributed by atoms with E-state index in [1.54, 1.807) is 0 Å². The molecule has 0 aliphatic heterocycles. The Bertz CT molecular complexity index is 182. The van der Waals surface area contributed by atoms with Gasteiger partial charge in [0.1, 0.15) is 0 Å². The molecule has 0 saturated heterocycles. The van der Waals surface area contributed by atoms with Crippen LogP contribution in [0.2, 0.25) is 0 Å². The molecule has 0 N–H and O–H groups in total. The molecular formula is C5H3F9. The third-order valence-corrected chi connectivity index (χ3v) is 1.48. The fourth-order valence-electron chi connectivity index (χ4n) is 0.444. The van der Waals surface area contributed by atoms with Crippen molar-refractivity contribution in [2.45, 2.75) is 30.9 Å². The smallest absolute Gasteiger partial charge is 0.227 e. The highest BCUT2D eigenvalue weighted by molar-refractivity contribution is 5.00. The fraction of sp³-hybridized carbons (Fsp3) is 1.00. The molecule has 0 amide bonds. The van der Waals surface area contributed by atoms with E-state index in [-0.39, 0.29) is 0 Å². The Labute approximate surface area is 71.7 Å². The zero-order valence-corrected chi connectivity index (χ0v) is 6.40. The van der Waals surface area contributed by atoms with Gasteiger partial charge in [0.05, 0.1) is 0 Å². The van der Waals surface area contributed by atoms with Gasteiger partial charge in [-0.2, -0.15) is 35.1 Å². The van der Waals surface area contributed by atoms with Crippen LogP contribution in [0.15, 0.2) is 0 Å². The van der Waals surface area contributed by atoms with E-state index in [2.05, 4.69) is 0 Å². The lowest BCUT2D eigenvalue weighted by molar-refractivity contribution is -0.378. The average molecular weight is 234 g/mol. The predicted molar refractivity (Wildman–Crippen MR) is 26.6 cm³/mol. The summed E-state index contributed by atoms with van der Waals surface area (Å²) >= 11 is 0. The predicted octanol–water partition coefficient (Wildman–Crippen LogP) is 3.47. The molecule has 0 aliphatic rings. The Morgan fingerprint density at radius 3 is 0.929 bits per heavy atom. The van der Waals surface area contributed by atoms with Crippen LogP contribution in [0.3, 0.4) is 0 Å². The van der Waals surface area contributed by atoms with Crippen molar-refractivity contribution in [3.63, 3.8) is 0 Å². The number of alkyl halides is 9. The van der Waals surface area contributed by atoms with E-state index < -0.39 is 30.9 Å². The minimum atomic E-state index is -6.59.